The van der Waals surface area contributed by atoms with Gasteiger partial charge in [0, 0.05) is 6.54 Å². The lowest BCUT2D eigenvalue weighted by Gasteiger charge is -2.07. The summed E-state index contributed by atoms with van der Waals surface area (Å²) in [7, 11) is 0. The lowest BCUT2D eigenvalue weighted by molar-refractivity contribution is 0.101. The maximum absolute atomic E-state index is 12.3. The Balaban J connectivity index is 2.23. The first kappa shape index (κ1) is 14.7. The average molecular weight is 337 g/mol. The fourth-order valence-electron chi connectivity index (χ4n) is 1.89. The molecule has 20 heavy (non-hydrogen) atoms. The lowest BCUT2D eigenvalue weighted by atomic mass is 10.2. The van der Waals surface area contributed by atoms with Crippen molar-refractivity contribution in [3.8, 4) is 0 Å². The van der Waals surface area contributed by atoms with Crippen molar-refractivity contribution in [2.75, 3.05) is 5.32 Å². The van der Waals surface area contributed by atoms with Crippen LogP contribution in [-0.4, -0.2) is 20.7 Å². The van der Waals surface area contributed by atoms with Gasteiger partial charge in [-0.1, -0.05) is 6.92 Å². The fourth-order valence-corrected chi connectivity index (χ4v) is 2.11. The van der Waals surface area contributed by atoms with E-state index in [2.05, 4.69) is 31.3 Å². The van der Waals surface area contributed by atoms with Crippen LogP contribution in [0.15, 0.2) is 22.9 Å². The second-order valence-electron chi connectivity index (χ2n) is 4.48. The van der Waals surface area contributed by atoms with E-state index >= 15 is 0 Å². The Morgan fingerprint density at radius 1 is 1.40 bits per heavy atom. The van der Waals surface area contributed by atoms with Crippen molar-refractivity contribution in [2.45, 2.75) is 33.7 Å². The fraction of sp³-hybridized carbons (Fsp3) is 0.357. The molecule has 0 aliphatic heterocycles. The van der Waals surface area contributed by atoms with Crippen LogP contribution in [0.1, 0.15) is 35.6 Å². The summed E-state index contributed by atoms with van der Waals surface area (Å²) in [6.07, 6.45) is 2.44. The van der Waals surface area contributed by atoms with Crippen LogP contribution in [-0.2, 0) is 13.0 Å². The molecule has 0 radical (unpaired) electrons. The van der Waals surface area contributed by atoms with E-state index in [9.17, 15) is 4.79 Å². The normalized spacial score (nSPS) is 10.6. The molecule has 0 saturated heterocycles. The van der Waals surface area contributed by atoms with E-state index in [0.29, 0.717) is 17.9 Å². The first-order valence-electron chi connectivity index (χ1n) is 6.55. The molecule has 0 saturated carbocycles. The summed E-state index contributed by atoms with van der Waals surface area (Å²) in [4.78, 5) is 16.5. The number of hydrogen-bond acceptors (Lipinski definition) is 3. The number of rotatable bonds is 4. The Bertz CT molecular complexity index is 636. The van der Waals surface area contributed by atoms with E-state index in [0.717, 1.165) is 22.3 Å². The molecular weight excluding hydrogens is 320 g/mol. The van der Waals surface area contributed by atoms with Gasteiger partial charge in [0.15, 0.2) is 0 Å². The summed E-state index contributed by atoms with van der Waals surface area (Å²) in [6.45, 7) is 6.58. The number of nitrogens with one attached hydrogen (secondary N) is 1. The van der Waals surface area contributed by atoms with Crippen molar-refractivity contribution >= 4 is 27.5 Å². The Hall–Kier alpha value is -1.69. The van der Waals surface area contributed by atoms with Gasteiger partial charge in [-0.3, -0.25) is 9.48 Å². The molecule has 2 aromatic heterocycles. The number of nitrogens with zero attached hydrogens (tertiary/aromatic N) is 3. The Morgan fingerprint density at radius 3 is 2.75 bits per heavy atom. The summed E-state index contributed by atoms with van der Waals surface area (Å²) >= 11 is 3.34. The van der Waals surface area contributed by atoms with Gasteiger partial charge < -0.3 is 5.32 Å². The molecule has 106 valence electrons. The number of amides is 1. The zero-order valence-corrected chi connectivity index (χ0v) is 13.4. The number of pyridine rings is 1. The Morgan fingerprint density at radius 2 is 2.15 bits per heavy atom. The van der Waals surface area contributed by atoms with E-state index in [4.69, 9.17) is 0 Å². The van der Waals surface area contributed by atoms with Crippen LogP contribution in [0.5, 0.6) is 0 Å². The summed E-state index contributed by atoms with van der Waals surface area (Å²) in [5.74, 6) is -0.164. The smallest absolute Gasteiger partial charge is 0.273 e. The summed E-state index contributed by atoms with van der Waals surface area (Å²) in [6, 6.07) is 3.71. The number of aryl methyl sites for hydroxylation is 3. The number of carbonyl (C=O) groups is 1. The molecule has 2 heterocycles. The second kappa shape index (κ2) is 6.17. The number of halogens is 1. The quantitative estimate of drug-likeness (QED) is 0.872. The van der Waals surface area contributed by atoms with Gasteiger partial charge in [-0.05, 0) is 53.9 Å². The molecule has 2 aromatic rings. The van der Waals surface area contributed by atoms with Crippen molar-refractivity contribution in [2.24, 2.45) is 0 Å². The maximum Gasteiger partial charge on any atom is 0.273 e. The minimum atomic E-state index is -0.164. The summed E-state index contributed by atoms with van der Waals surface area (Å²) < 4.78 is 2.50. The average Bonchev–Trinajstić information content (AvgIpc) is 2.86. The van der Waals surface area contributed by atoms with E-state index < -0.39 is 0 Å². The van der Waals surface area contributed by atoms with Gasteiger partial charge in [0.2, 0.25) is 0 Å². The number of anilines is 1. The lowest BCUT2D eigenvalue weighted by Crippen LogP contribution is -2.17. The number of aromatic nitrogens is 3. The first-order valence-corrected chi connectivity index (χ1v) is 7.34. The minimum Gasteiger partial charge on any atom is -0.319 e. The molecular formula is C14H17BrN4O. The van der Waals surface area contributed by atoms with Crippen molar-refractivity contribution in [1.29, 1.82) is 0 Å². The zero-order valence-electron chi connectivity index (χ0n) is 11.8. The van der Waals surface area contributed by atoms with Crippen LogP contribution in [0.2, 0.25) is 0 Å². The molecule has 0 unspecified atom stereocenters. The van der Waals surface area contributed by atoms with Gasteiger partial charge in [-0.2, -0.15) is 5.10 Å². The molecule has 1 amide bonds. The zero-order chi connectivity index (χ0) is 14.7. The van der Waals surface area contributed by atoms with Crippen LogP contribution in [0.4, 0.5) is 5.69 Å². The minimum absolute atomic E-state index is 0.164. The molecule has 0 aliphatic rings. The van der Waals surface area contributed by atoms with Gasteiger partial charge >= 0.3 is 0 Å². The molecule has 0 aromatic carbocycles. The van der Waals surface area contributed by atoms with Crippen molar-refractivity contribution in [3.63, 3.8) is 0 Å². The highest BCUT2D eigenvalue weighted by Gasteiger charge is 2.14. The molecule has 6 heteroatoms. The van der Waals surface area contributed by atoms with Gasteiger partial charge in [-0.15, -0.1) is 0 Å². The third-order valence-electron chi connectivity index (χ3n) is 3.00. The second-order valence-corrected chi connectivity index (χ2v) is 5.23. The van der Waals surface area contributed by atoms with E-state index in [-0.39, 0.29) is 5.91 Å². The first-order chi connectivity index (χ1) is 9.55. The third-order valence-corrected chi connectivity index (χ3v) is 3.83. The summed E-state index contributed by atoms with van der Waals surface area (Å²) in [5.41, 5.74) is 3.14. The monoisotopic (exact) mass is 336 g/mol. The van der Waals surface area contributed by atoms with Crippen LogP contribution in [0.3, 0.4) is 0 Å². The molecule has 2 rings (SSSR count). The van der Waals surface area contributed by atoms with Gasteiger partial charge in [0.1, 0.15) is 10.3 Å². The largest absolute Gasteiger partial charge is 0.319 e. The van der Waals surface area contributed by atoms with Gasteiger partial charge in [0.25, 0.3) is 5.91 Å². The van der Waals surface area contributed by atoms with Crippen LogP contribution in [0, 0.1) is 6.92 Å². The van der Waals surface area contributed by atoms with Crippen LogP contribution >= 0.6 is 15.9 Å². The highest BCUT2D eigenvalue weighted by atomic mass is 79.9. The molecule has 0 spiro atoms. The molecule has 5 nitrogen and oxygen atoms in total. The van der Waals surface area contributed by atoms with Crippen molar-refractivity contribution < 1.29 is 4.79 Å². The Labute approximate surface area is 126 Å². The molecule has 0 aliphatic carbocycles. The molecule has 0 bridgehead atoms. The standard InChI is InChI=1S/C14H17BrN4O/c1-4-10-7-12(19(5-2)18-10)14(20)17-11-6-9(3)13(15)16-8-11/h6-8H,4-5H2,1-3H3,(H,17,20). The van der Waals surface area contributed by atoms with Crippen LogP contribution < -0.4 is 5.32 Å². The topological polar surface area (TPSA) is 59.8 Å². The highest BCUT2D eigenvalue weighted by Crippen LogP contribution is 2.17. The van der Waals surface area contributed by atoms with E-state index in [1.165, 1.54) is 0 Å². The van der Waals surface area contributed by atoms with Crippen molar-refractivity contribution in [1.82, 2.24) is 14.8 Å². The van der Waals surface area contributed by atoms with Gasteiger partial charge in [-0.25, -0.2) is 4.98 Å². The SMILES string of the molecule is CCc1cc(C(=O)Nc2cnc(Br)c(C)c2)n(CC)n1. The highest BCUT2D eigenvalue weighted by molar-refractivity contribution is 9.10. The predicted molar refractivity (Wildman–Crippen MR) is 81.9 cm³/mol. The number of hydrogen-bond donors (Lipinski definition) is 1. The van der Waals surface area contributed by atoms with E-state index in [1.807, 2.05) is 32.9 Å². The van der Waals surface area contributed by atoms with Crippen LogP contribution in [0.25, 0.3) is 0 Å². The number of carbonyl (C=O) groups excluding carboxylic acids is 1. The van der Waals surface area contributed by atoms with Gasteiger partial charge in [0.05, 0.1) is 17.6 Å². The molecule has 0 fully saturated rings. The maximum atomic E-state index is 12.3. The summed E-state index contributed by atoms with van der Waals surface area (Å²) in [5, 5.41) is 7.23. The molecule has 0 atom stereocenters. The molecule has 1 N–H and O–H groups in total. The Kier molecular flexibility index (Phi) is 4.54. The van der Waals surface area contributed by atoms with Crippen molar-refractivity contribution in [3.05, 3.63) is 39.9 Å². The third kappa shape index (κ3) is 3.07. The van der Waals surface area contributed by atoms with E-state index in [1.54, 1.807) is 10.9 Å². The predicted octanol–water partition coefficient (Wildman–Crippen LogP) is 3.18.